The molecular weight excluding hydrogens is 656 g/mol. The Kier molecular flexibility index (Phi) is 9.25. The van der Waals surface area contributed by atoms with E-state index in [1.807, 2.05) is 6.07 Å². The van der Waals surface area contributed by atoms with E-state index in [0.717, 1.165) is 19.2 Å². The summed E-state index contributed by atoms with van der Waals surface area (Å²) in [6.07, 6.45) is -0.371. The molecule has 10 nitrogen and oxygen atoms in total. The number of hydrogen-bond donors (Lipinski definition) is 1. The number of benzene rings is 2. The van der Waals surface area contributed by atoms with Crippen LogP contribution in [0.25, 0.3) is 22.7 Å². The first-order chi connectivity index (χ1) is 23.2. The zero-order valence-corrected chi connectivity index (χ0v) is 28.6. The molecule has 0 fully saturated rings. The van der Waals surface area contributed by atoms with Gasteiger partial charge in [-0.25, -0.2) is 22.4 Å². The molecule has 2 aromatic heterocycles. The van der Waals surface area contributed by atoms with E-state index in [4.69, 9.17) is 9.15 Å². The van der Waals surface area contributed by atoms with Gasteiger partial charge in [0.1, 0.15) is 28.5 Å². The van der Waals surface area contributed by atoms with E-state index in [1.54, 1.807) is 58.9 Å². The van der Waals surface area contributed by atoms with Gasteiger partial charge in [0.05, 0.1) is 29.6 Å². The van der Waals surface area contributed by atoms with Gasteiger partial charge in [0.15, 0.2) is 0 Å². The van der Waals surface area contributed by atoms with Gasteiger partial charge in [0.25, 0.3) is 11.8 Å². The number of halogens is 4. The Labute approximate surface area is 286 Å². The average molecular weight is 693 g/mol. The minimum Gasteiger partial charge on any atom is -0.444 e. The summed E-state index contributed by atoms with van der Waals surface area (Å²) in [6.45, 7) is 9.83. The lowest BCUT2D eigenvalue weighted by atomic mass is 9.90. The molecule has 3 heterocycles. The van der Waals surface area contributed by atoms with Crippen LogP contribution in [0.4, 0.5) is 28.0 Å². The molecule has 2 atom stereocenters. The van der Waals surface area contributed by atoms with E-state index >= 15 is 8.78 Å². The Morgan fingerprint density at radius 2 is 1.78 bits per heavy atom. The molecular formula is C36H36F4N6O4. The number of alkyl carbamates (subject to hydrolysis) is 1. The lowest BCUT2D eigenvalue weighted by Gasteiger charge is -2.27. The molecule has 4 aromatic rings. The van der Waals surface area contributed by atoms with E-state index in [-0.39, 0.29) is 40.7 Å². The lowest BCUT2D eigenvalue weighted by Crippen LogP contribution is -2.50. The van der Waals surface area contributed by atoms with Crippen molar-refractivity contribution in [1.29, 1.82) is 5.26 Å². The number of anilines is 1. The van der Waals surface area contributed by atoms with E-state index in [0.29, 0.717) is 16.8 Å². The van der Waals surface area contributed by atoms with Crippen molar-refractivity contribution in [3.8, 4) is 28.8 Å². The van der Waals surface area contributed by atoms with Crippen LogP contribution < -0.4 is 10.2 Å². The number of nitrogens with one attached hydrogen (secondary N) is 1. The molecule has 1 aliphatic heterocycles. The van der Waals surface area contributed by atoms with E-state index < -0.39 is 52.9 Å². The van der Waals surface area contributed by atoms with Gasteiger partial charge in [-0.15, -0.1) is 10.2 Å². The summed E-state index contributed by atoms with van der Waals surface area (Å²) in [5.74, 6) is -5.00. The summed E-state index contributed by atoms with van der Waals surface area (Å²) in [7, 11) is 0. The maximum atomic E-state index is 16.6. The van der Waals surface area contributed by atoms with Crippen LogP contribution in [0.3, 0.4) is 0 Å². The molecule has 0 radical (unpaired) electrons. The number of carbonyl (C=O) groups excluding carboxylic acids is 2. The first kappa shape index (κ1) is 36.0. The summed E-state index contributed by atoms with van der Waals surface area (Å²) in [6, 6.07) is 12.3. The Morgan fingerprint density at radius 1 is 1.10 bits per heavy atom. The molecule has 0 bridgehead atoms. The van der Waals surface area contributed by atoms with Crippen molar-refractivity contribution in [3.63, 3.8) is 0 Å². The second kappa shape index (κ2) is 12.9. The lowest BCUT2D eigenvalue weighted by molar-refractivity contribution is -0.121. The number of carbonyl (C=O) groups is 2. The Morgan fingerprint density at radius 3 is 2.36 bits per heavy atom. The highest BCUT2D eigenvalue weighted by Crippen LogP contribution is 2.44. The van der Waals surface area contributed by atoms with E-state index in [1.165, 1.54) is 30.0 Å². The van der Waals surface area contributed by atoms with Crippen LogP contribution in [0.5, 0.6) is 0 Å². The molecule has 1 aliphatic rings. The minimum atomic E-state index is -3.04. The molecule has 0 aliphatic carbocycles. The number of amides is 2. The van der Waals surface area contributed by atoms with Crippen LogP contribution in [-0.2, 0) is 33.1 Å². The largest absolute Gasteiger partial charge is 0.444 e. The van der Waals surface area contributed by atoms with Gasteiger partial charge in [0, 0.05) is 36.2 Å². The predicted molar refractivity (Wildman–Crippen MR) is 175 cm³/mol. The summed E-state index contributed by atoms with van der Waals surface area (Å²) < 4.78 is 70.8. The van der Waals surface area contributed by atoms with Gasteiger partial charge in [-0.05, 0) is 71.4 Å². The van der Waals surface area contributed by atoms with E-state index in [2.05, 4.69) is 20.5 Å². The fourth-order valence-electron chi connectivity index (χ4n) is 5.40. The van der Waals surface area contributed by atoms with Crippen LogP contribution in [0.1, 0.15) is 77.5 Å². The highest BCUT2D eigenvalue weighted by molar-refractivity contribution is 6.01. The summed E-state index contributed by atoms with van der Waals surface area (Å²) in [5.41, 5.74) is -3.43. The van der Waals surface area contributed by atoms with Gasteiger partial charge in [-0.3, -0.25) is 9.78 Å². The molecule has 2 amide bonds. The number of nitriles is 1. The number of ether oxygens (including phenoxy) is 1. The Bertz CT molecular complexity index is 1960. The van der Waals surface area contributed by atoms with Crippen LogP contribution in [0, 0.1) is 17.1 Å². The van der Waals surface area contributed by atoms with Crippen molar-refractivity contribution >= 4 is 17.7 Å². The molecule has 262 valence electrons. The molecule has 0 saturated carbocycles. The maximum absolute atomic E-state index is 16.6. The quantitative estimate of drug-likeness (QED) is 0.194. The zero-order chi connectivity index (χ0) is 36.8. The van der Waals surface area contributed by atoms with E-state index in [9.17, 15) is 23.6 Å². The number of fused-ring (bicyclic) bond motifs is 1. The molecule has 0 spiro atoms. The van der Waals surface area contributed by atoms with Crippen LogP contribution >= 0.6 is 0 Å². The highest BCUT2D eigenvalue weighted by atomic mass is 19.3. The Hall–Kier alpha value is -5.32. The summed E-state index contributed by atoms with van der Waals surface area (Å²) >= 11 is 0. The summed E-state index contributed by atoms with van der Waals surface area (Å²) in [5, 5.41) is 19.8. The molecule has 0 saturated heterocycles. The third kappa shape index (κ3) is 7.61. The molecule has 5 rings (SSSR count). The van der Waals surface area contributed by atoms with Gasteiger partial charge in [-0.2, -0.15) is 5.26 Å². The summed E-state index contributed by atoms with van der Waals surface area (Å²) in [4.78, 5) is 32.4. The topological polar surface area (TPSA) is 134 Å². The van der Waals surface area contributed by atoms with Gasteiger partial charge in [-0.1, -0.05) is 24.3 Å². The van der Waals surface area contributed by atoms with Crippen LogP contribution in [0.15, 0.2) is 59.1 Å². The monoisotopic (exact) mass is 692 g/mol. The highest BCUT2D eigenvalue weighted by Gasteiger charge is 2.44. The van der Waals surface area contributed by atoms with Crippen molar-refractivity contribution < 1.29 is 36.3 Å². The second-order valence-electron chi connectivity index (χ2n) is 14.0. The number of nitrogens with zero attached hydrogens (tertiary/aromatic N) is 5. The molecule has 50 heavy (non-hydrogen) atoms. The second-order valence-corrected chi connectivity index (χ2v) is 14.0. The first-order valence-electron chi connectivity index (χ1n) is 15.7. The fourth-order valence-corrected chi connectivity index (χ4v) is 5.40. The molecule has 2 aromatic carbocycles. The number of rotatable bonds is 7. The third-order valence-corrected chi connectivity index (χ3v) is 8.11. The van der Waals surface area contributed by atoms with Crippen LogP contribution in [-0.4, -0.2) is 38.8 Å². The molecule has 0 unspecified atom stereocenters. The van der Waals surface area contributed by atoms with Crippen molar-refractivity contribution in [1.82, 2.24) is 20.5 Å². The molecule has 1 N–H and O–H groups in total. The first-order valence-corrected chi connectivity index (χ1v) is 15.7. The predicted octanol–water partition coefficient (Wildman–Crippen LogP) is 7.87. The Balaban J connectivity index is 1.57. The number of aromatic nitrogens is 3. The smallest absolute Gasteiger partial charge is 0.408 e. The van der Waals surface area contributed by atoms with Gasteiger partial charge in [0.2, 0.25) is 11.8 Å². The normalized spacial score (nSPS) is 18.2. The van der Waals surface area contributed by atoms with Gasteiger partial charge >= 0.3 is 6.09 Å². The van der Waals surface area contributed by atoms with Gasteiger partial charge < -0.3 is 19.4 Å². The van der Waals surface area contributed by atoms with Crippen LogP contribution in [0.2, 0.25) is 0 Å². The standard InChI is InChI=1S/C36H36F4N6O4/c1-33(2,3)50-32(48)43-27-16-35(6,38)24-15-25(37)23(29-44-45-31(49-29)34(4,5)19-41)14-28(24)46(30(27)47)18-20-8-10-21(11-9-20)26-13-12-22(17-42-26)36(7,39)40/h8-15,17,27H,16,18H2,1-7H3,(H,43,48)/t27-,35+/m0/s1. The maximum Gasteiger partial charge on any atom is 0.408 e. The minimum absolute atomic E-state index is 0.00833. The zero-order valence-electron chi connectivity index (χ0n) is 28.6. The average Bonchev–Trinajstić information content (AvgIpc) is 3.51. The number of hydrogen-bond acceptors (Lipinski definition) is 8. The molecule has 14 heteroatoms. The number of pyridine rings is 1. The fraction of sp³-hybridized carbons (Fsp3) is 0.389. The number of alkyl halides is 3. The van der Waals surface area contributed by atoms with Crippen molar-refractivity contribution in [2.75, 3.05) is 4.90 Å². The SMILES string of the molecule is CC(C)(C)OC(=O)N[C@H]1C[C@@](C)(F)c2cc(F)c(-c3nnc(C(C)(C)C#N)o3)cc2N(Cc2ccc(-c3ccc(C(C)(F)F)cn3)cc2)C1=O. The van der Waals surface area contributed by atoms with Crippen molar-refractivity contribution in [2.24, 2.45) is 0 Å². The van der Waals surface area contributed by atoms with Crippen molar-refractivity contribution in [3.05, 3.63) is 83.1 Å². The van der Waals surface area contributed by atoms with Crippen molar-refractivity contribution in [2.45, 2.75) is 90.1 Å². The third-order valence-electron chi connectivity index (χ3n) is 8.11.